The van der Waals surface area contributed by atoms with E-state index in [1.165, 1.54) is 41.1 Å². The number of benzene rings is 2. The van der Waals surface area contributed by atoms with Crippen LogP contribution in [0.15, 0.2) is 53.6 Å². The fraction of sp³-hybridized carbons (Fsp3) is 0.158. The average molecular weight is 439 g/mol. The van der Waals surface area contributed by atoms with E-state index in [1.54, 1.807) is 26.0 Å². The number of hydrazone groups is 1. The summed E-state index contributed by atoms with van der Waals surface area (Å²) >= 11 is 0. The monoisotopic (exact) mass is 439 g/mol. The Balaban J connectivity index is 1.68. The predicted octanol–water partition coefficient (Wildman–Crippen LogP) is 2.31. The Morgan fingerprint density at radius 1 is 1.16 bits per heavy atom. The van der Waals surface area contributed by atoms with E-state index in [0.29, 0.717) is 22.8 Å². The van der Waals surface area contributed by atoms with Crippen molar-refractivity contribution < 1.29 is 19.4 Å². The minimum Gasteiger partial charge on any atom is -0.477 e. The smallest absolute Gasteiger partial charge is 0.310 e. The molecule has 3 aromatic rings. The van der Waals surface area contributed by atoms with Gasteiger partial charge < -0.3 is 4.74 Å². The van der Waals surface area contributed by atoms with Crippen LogP contribution < -0.4 is 10.2 Å². The quantitative estimate of drug-likeness (QED) is 0.317. The molecule has 3 rings (SSSR count). The van der Waals surface area contributed by atoms with Crippen LogP contribution in [-0.4, -0.2) is 43.1 Å². The fourth-order valence-corrected chi connectivity index (χ4v) is 2.75. The minimum atomic E-state index is -0.633. The van der Waals surface area contributed by atoms with Crippen molar-refractivity contribution in [3.05, 3.63) is 80.1 Å². The zero-order valence-electron chi connectivity index (χ0n) is 17.0. The summed E-state index contributed by atoms with van der Waals surface area (Å²) in [4.78, 5) is 32.9. The number of nitro groups is 2. The standard InChI is InChI=1S/C19H17N7O6/c1-12(20-21-18(27)11-32-17-9-4-3-8-16(17)26(30)31)19-13(2)24(23-22-19)14-6-5-7-15(10-14)25(28)29/h3-10H,11H2,1-2H3,(H,21,27)/b20-12-. The van der Waals surface area contributed by atoms with Gasteiger partial charge in [0.15, 0.2) is 12.4 Å². The van der Waals surface area contributed by atoms with Crippen LogP contribution in [-0.2, 0) is 4.79 Å². The van der Waals surface area contributed by atoms with Gasteiger partial charge in [0.1, 0.15) is 5.69 Å². The molecule has 2 aromatic carbocycles. The summed E-state index contributed by atoms with van der Waals surface area (Å²) in [5, 5.41) is 33.9. The summed E-state index contributed by atoms with van der Waals surface area (Å²) in [5.41, 5.74) is 3.65. The Bertz CT molecular complexity index is 1220. The first-order chi connectivity index (χ1) is 15.3. The van der Waals surface area contributed by atoms with Gasteiger partial charge in [-0.2, -0.15) is 5.10 Å². The lowest BCUT2D eigenvalue weighted by atomic mass is 10.2. The van der Waals surface area contributed by atoms with Gasteiger partial charge in [-0.3, -0.25) is 25.0 Å². The summed E-state index contributed by atoms with van der Waals surface area (Å²) in [7, 11) is 0. The maximum atomic E-state index is 12.0. The number of amides is 1. The fourth-order valence-electron chi connectivity index (χ4n) is 2.75. The van der Waals surface area contributed by atoms with E-state index in [4.69, 9.17) is 4.74 Å². The van der Waals surface area contributed by atoms with Crippen LogP contribution >= 0.6 is 0 Å². The van der Waals surface area contributed by atoms with Crippen LogP contribution in [0, 0.1) is 27.2 Å². The Kier molecular flexibility index (Phi) is 6.48. The van der Waals surface area contributed by atoms with Crippen molar-refractivity contribution in [3.8, 4) is 11.4 Å². The van der Waals surface area contributed by atoms with Gasteiger partial charge >= 0.3 is 5.69 Å². The molecule has 0 aliphatic rings. The maximum Gasteiger partial charge on any atom is 0.310 e. The molecule has 0 saturated carbocycles. The molecule has 13 heteroatoms. The van der Waals surface area contributed by atoms with Crippen molar-refractivity contribution in [1.29, 1.82) is 0 Å². The highest BCUT2D eigenvalue weighted by molar-refractivity contribution is 5.98. The number of hydrogen-bond acceptors (Lipinski definition) is 9. The topological polar surface area (TPSA) is 168 Å². The molecule has 0 spiro atoms. The normalized spacial score (nSPS) is 11.1. The number of carbonyl (C=O) groups excluding carboxylic acids is 1. The highest BCUT2D eigenvalue weighted by Crippen LogP contribution is 2.25. The average Bonchev–Trinajstić information content (AvgIpc) is 3.17. The van der Waals surface area contributed by atoms with Crippen LogP contribution in [0.25, 0.3) is 5.69 Å². The lowest BCUT2D eigenvalue weighted by Gasteiger charge is -2.06. The first kappa shape index (κ1) is 22.0. The van der Waals surface area contributed by atoms with Gasteiger partial charge in [-0.1, -0.05) is 23.4 Å². The number of hydrogen-bond donors (Lipinski definition) is 1. The molecule has 0 fully saturated rings. The third-order valence-electron chi connectivity index (χ3n) is 4.29. The molecule has 1 amide bonds. The molecule has 1 N–H and O–H groups in total. The number of aromatic nitrogens is 3. The summed E-state index contributed by atoms with van der Waals surface area (Å²) in [6, 6.07) is 11.6. The Morgan fingerprint density at radius 3 is 2.62 bits per heavy atom. The van der Waals surface area contributed by atoms with Gasteiger partial charge in [-0.25, -0.2) is 10.1 Å². The van der Waals surface area contributed by atoms with Crippen LogP contribution in [0.1, 0.15) is 18.3 Å². The summed E-state index contributed by atoms with van der Waals surface area (Å²) < 4.78 is 6.62. The molecule has 32 heavy (non-hydrogen) atoms. The molecule has 0 unspecified atom stereocenters. The van der Waals surface area contributed by atoms with Crippen LogP contribution in [0.5, 0.6) is 5.75 Å². The summed E-state index contributed by atoms with van der Waals surface area (Å²) in [6.45, 7) is 2.81. The van der Waals surface area contributed by atoms with E-state index in [9.17, 15) is 25.0 Å². The van der Waals surface area contributed by atoms with Crippen molar-refractivity contribution in [2.75, 3.05) is 6.61 Å². The molecule has 0 aliphatic carbocycles. The second-order valence-electron chi connectivity index (χ2n) is 6.46. The second kappa shape index (κ2) is 9.42. The first-order valence-corrected chi connectivity index (χ1v) is 9.14. The van der Waals surface area contributed by atoms with Crippen LogP contribution in [0.2, 0.25) is 0 Å². The first-order valence-electron chi connectivity index (χ1n) is 9.14. The molecule has 0 radical (unpaired) electrons. The maximum absolute atomic E-state index is 12.0. The van der Waals surface area contributed by atoms with Crippen LogP contribution in [0.4, 0.5) is 11.4 Å². The van der Waals surface area contributed by atoms with Crippen LogP contribution in [0.3, 0.4) is 0 Å². The summed E-state index contributed by atoms with van der Waals surface area (Å²) in [5.74, 6) is -0.671. The van der Waals surface area contributed by atoms with Gasteiger partial charge in [0, 0.05) is 18.2 Å². The van der Waals surface area contributed by atoms with Crippen molar-refractivity contribution in [1.82, 2.24) is 20.4 Å². The van der Waals surface area contributed by atoms with Crippen molar-refractivity contribution >= 4 is 23.0 Å². The highest BCUT2D eigenvalue weighted by atomic mass is 16.6. The molecule has 13 nitrogen and oxygen atoms in total. The number of nitrogens with zero attached hydrogens (tertiary/aromatic N) is 6. The minimum absolute atomic E-state index is 0.0379. The number of nitrogens with one attached hydrogen (secondary N) is 1. The lowest BCUT2D eigenvalue weighted by molar-refractivity contribution is -0.385. The van der Waals surface area contributed by atoms with E-state index >= 15 is 0 Å². The zero-order chi connectivity index (χ0) is 23.3. The molecule has 1 heterocycles. The van der Waals surface area contributed by atoms with E-state index in [-0.39, 0.29) is 17.1 Å². The van der Waals surface area contributed by atoms with Crippen molar-refractivity contribution in [3.63, 3.8) is 0 Å². The van der Waals surface area contributed by atoms with E-state index < -0.39 is 22.4 Å². The largest absolute Gasteiger partial charge is 0.477 e. The summed E-state index contributed by atoms with van der Waals surface area (Å²) in [6.07, 6.45) is 0. The Morgan fingerprint density at radius 2 is 1.91 bits per heavy atom. The number of para-hydroxylation sites is 2. The molecule has 0 atom stereocenters. The van der Waals surface area contributed by atoms with Crippen molar-refractivity contribution in [2.45, 2.75) is 13.8 Å². The molecular formula is C19H17N7O6. The van der Waals surface area contributed by atoms with Crippen molar-refractivity contribution in [2.24, 2.45) is 5.10 Å². The molecule has 164 valence electrons. The number of non-ortho nitro benzene ring substituents is 1. The molecule has 1 aromatic heterocycles. The van der Waals surface area contributed by atoms with Gasteiger partial charge in [0.05, 0.1) is 26.9 Å². The van der Waals surface area contributed by atoms with Gasteiger partial charge in [0.2, 0.25) is 0 Å². The molecule has 0 bridgehead atoms. The Hall–Kier alpha value is -4.68. The number of nitro benzene ring substituents is 2. The van der Waals surface area contributed by atoms with Gasteiger partial charge in [0.25, 0.3) is 11.6 Å². The second-order valence-corrected chi connectivity index (χ2v) is 6.46. The predicted molar refractivity (Wildman–Crippen MR) is 112 cm³/mol. The highest BCUT2D eigenvalue weighted by Gasteiger charge is 2.17. The molecular weight excluding hydrogens is 422 g/mol. The number of carbonyl (C=O) groups is 1. The van der Waals surface area contributed by atoms with Gasteiger partial charge in [-0.05, 0) is 26.0 Å². The number of ether oxygens (including phenoxy) is 1. The lowest BCUT2D eigenvalue weighted by Crippen LogP contribution is -2.26. The molecule has 0 aliphatic heterocycles. The zero-order valence-corrected chi connectivity index (χ0v) is 17.0. The third kappa shape index (κ3) is 4.89. The molecule has 0 saturated heterocycles. The number of rotatable bonds is 8. The van der Waals surface area contributed by atoms with E-state index in [0.717, 1.165) is 0 Å². The van der Waals surface area contributed by atoms with E-state index in [2.05, 4.69) is 20.8 Å². The third-order valence-corrected chi connectivity index (χ3v) is 4.29. The van der Waals surface area contributed by atoms with E-state index in [1.807, 2.05) is 0 Å². The van der Waals surface area contributed by atoms with Gasteiger partial charge in [-0.15, -0.1) is 5.10 Å². The Labute approximate surface area is 180 Å². The SMILES string of the molecule is C/C(=N/NC(=O)COc1ccccc1[N+](=O)[O-])c1nnn(-c2cccc([N+](=O)[O-])c2)c1C.